The van der Waals surface area contributed by atoms with Gasteiger partial charge < -0.3 is 20.1 Å². The second kappa shape index (κ2) is 11.4. The van der Waals surface area contributed by atoms with Crippen molar-refractivity contribution >= 4 is 23.6 Å². The predicted molar refractivity (Wildman–Crippen MR) is 126 cm³/mol. The maximum Gasteiger partial charge on any atom is 0.253 e. The topological polar surface area (TPSA) is 76.7 Å². The second-order valence-electron chi connectivity index (χ2n) is 6.97. The average molecular weight is 431 g/mol. The fraction of sp³-hybridized carbons (Fsp3) is 0.154. The first-order valence-electron chi connectivity index (χ1n) is 10.2. The number of hydrogen-bond donors (Lipinski definition) is 2. The van der Waals surface area contributed by atoms with Crippen molar-refractivity contribution in [2.24, 2.45) is 0 Å². The summed E-state index contributed by atoms with van der Waals surface area (Å²) in [5, 5.41) is 5.69. The van der Waals surface area contributed by atoms with E-state index in [9.17, 15) is 9.59 Å². The molecular weight excluding hydrogens is 404 g/mol. The monoisotopic (exact) mass is 430 g/mol. The van der Waals surface area contributed by atoms with Gasteiger partial charge in [0.05, 0.1) is 25.5 Å². The molecule has 0 aliphatic carbocycles. The lowest BCUT2D eigenvalue weighted by atomic mass is 10.1. The molecule has 0 bridgehead atoms. The molecule has 0 atom stereocenters. The number of rotatable bonds is 9. The van der Waals surface area contributed by atoms with Gasteiger partial charge in [-0.3, -0.25) is 9.59 Å². The minimum absolute atomic E-state index is 0.235. The molecule has 6 nitrogen and oxygen atoms in total. The molecule has 0 heterocycles. The molecule has 0 unspecified atom stereocenters. The van der Waals surface area contributed by atoms with Crippen LogP contribution >= 0.6 is 0 Å². The molecule has 164 valence electrons. The fourth-order valence-electron chi connectivity index (χ4n) is 3.15. The summed E-state index contributed by atoms with van der Waals surface area (Å²) >= 11 is 0. The third-order valence-corrected chi connectivity index (χ3v) is 4.81. The van der Waals surface area contributed by atoms with E-state index in [-0.39, 0.29) is 11.8 Å². The maximum absolute atomic E-state index is 12.6. The Morgan fingerprint density at radius 3 is 2.34 bits per heavy atom. The predicted octanol–water partition coefficient (Wildman–Crippen LogP) is 4.33. The lowest BCUT2D eigenvalue weighted by molar-refractivity contribution is -0.111. The summed E-state index contributed by atoms with van der Waals surface area (Å²) in [6.45, 7) is 0.504. The van der Waals surface area contributed by atoms with Gasteiger partial charge in [-0.05, 0) is 47.9 Å². The highest BCUT2D eigenvalue weighted by molar-refractivity contribution is 6.07. The number of amides is 2. The number of benzene rings is 3. The number of hydrogen-bond acceptors (Lipinski definition) is 4. The summed E-state index contributed by atoms with van der Waals surface area (Å²) < 4.78 is 10.5. The van der Waals surface area contributed by atoms with Gasteiger partial charge in [-0.25, -0.2) is 0 Å². The van der Waals surface area contributed by atoms with Gasteiger partial charge in [-0.15, -0.1) is 0 Å². The van der Waals surface area contributed by atoms with Crippen LogP contribution in [0.1, 0.15) is 21.5 Å². The van der Waals surface area contributed by atoms with Crippen LogP contribution in [-0.4, -0.2) is 32.6 Å². The van der Waals surface area contributed by atoms with Crippen LogP contribution in [0.4, 0.5) is 5.69 Å². The molecule has 0 saturated heterocycles. The van der Waals surface area contributed by atoms with E-state index in [4.69, 9.17) is 9.47 Å². The quantitative estimate of drug-likeness (QED) is 0.496. The van der Waals surface area contributed by atoms with E-state index >= 15 is 0 Å². The van der Waals surface area contributed by atoms with Crippen molar-refractivity contribution in [3.8, 4) is 11.5 Å². The minimum atomic E-state index is -0.343. The van der Waals surface area contributed by atoms with E-state index < -0.39 is 0 Å². The maximum atomic E-state index is 12.6. The normalized spacial score (nSPS) is 10.6. The first-order chi connectivity index (χ1) is 15.6. The molecule has 2 N–H and O–H groups in total. The highest BCUT2D eigenvalue weighted by Gasteiger charge is 2.12. The van der Waals surface area contributed by atoms with Crippen LogP contribution in [-0.2, 0) is 11.2 Å². The van der Waals surface area contributed by atoms with Crippen molar-refractivity contribution in [3.63, 3.8) is 0 Å². The van der Waals surface area contributed by atoms with Crippen molar-refractivity contribution in [3.05, 3.63) is 95.6 Å². The average Bonchev–Trinajstić information content (AvgIpc) is 2.83. The number of carbonyl (C=O) groups excluding carboxylic acids is 2. The third kappa shape index (κ3) is 6.22. The Morgan fingerprint density at radius 1 is 0.875 bits per heavy atom. The Bertz CT molecular complexity index is 1090. The molecule has 2 amide bonds. The summed E-state index contributed by atoms with van der Waals surface area (Å²) in [7, 11) is 3.12. The molecule has 0 radical (unpaired) electrons. The van der Waals surface area contributed by atoms with E-state index in [2.05, 4.69) is 10.6 Å². The van der Waals surface area contributed by atoms with Gasteiger partial charge in [0, 0.05) is 12.6 Å². The highest BCUT2D eigenvalue weighted by Crippen LogP contribution is 2.28. The third-order valence-electron chi connectivity index (χ3n) is 4.81. The summed E-state index contributed by atoms with van der Waals surface area (Å²) in [6, 6.07) is 22.2. The van der Waals surface area contributed by atoms with Crippen LogP contribution in [0.15, 0.2) is 78.9 Å². The molecule has 6 heteroatoms. The zero-order chi connectivity index (χ0) is 22.8. The van der Waals surface area contributed by atoms with Crippen LogP contribution in [0, 0.1) is 0 Å². The van der Waals surface area contributed by atoms with Gasteiger partial charge >= 0.3 is 0 Å². The first-order valence-corrected chi connectivity index (χ1v) is 10.2. The van der Waals surface area contributed by atoms with E-state index in [1.807, 2.05) is 36.4 Å². The molecule has 3 aromatic carbocycles. The fourth-order valence-corrected chi connectivity index (χ4v) is 3.15. The molecule has 0 saturated carbocycles. The van der Waals surface area contributed by atoms with Crippen molar-refractivity contribution in [2.45, 2.75) is 6.42 Å². The molecule has 0 aromatic heterocycles. The Balaban J connectivity index is 1.62. The summed E-state index contributed by atoms with van der Waals surface area (Å²) in [5.74, 6) is 0.610. The zero-order valence-electron chi connectivity index (χ0n) is 18.1. The van der Waals surface area contributed by atoms with Crippen LogP contribution in [0.5, 0.6) is 11.5 Å². The lowest BCUT2D eigenvalue weighted by Crippen LogP contribution is -2.27. The molecule has 0 aliphatic heterocycles. The van der Waals surface area contributed by atoms with E-state index in [1.54, 1.807) is 56.7 Å². The first kappa shape index (κ1) is 22.6. The molecule has 0 fully saturated rings. The van der Waals surface area contributed by atoms with E-state index in [1.165, 1.54) is 6.08 Å². The zero-order valence-corrected chi connectivity index (χ0v) is 18.1. The Labute approximate surface area is 187 Å². The van der Waals surface area contributed by atoms with Gasteiger partial charge in [-0.1, -0.05) is 48.5 Å². The van der Waals surface area contributed by atoms with Gasteiger partial charge in [-0.2, -0.15) is 0 Å². The largest absolute Gasteiger partial charge is 0.493 e. The Morgan fingerprint density at radius 2 is 1.59 bits per heavy atom. The number of anilines is 1. The van der Waals surface area contributed by atoms with Crippen LogP contribution in [0.25, 0.3) is 6.08 Å². The summed E-state index contributed by atoms with van der Waals surface area (Å²) in [4.78, 5) is 25.1. The Hall–Kier alpha value is -4.06. The standard InChI is InChI=1S/C26H26N2O4/c1-31-23-14-12-20(18-24(23)32-2)13-15-25(29)28-22-11-7-6-10-21(22)26(30)27-17-16-19-8-4-3-5-9-19/h3-15,18H,16-17H2,1-2H3,(H,27,30)(H,28,29). The number of nitrogens with one attached hydrogen (secondary N) is 2. The molecule has 0 aliphatic rings. The van der Waals surface area contributed by atoms with Crippen molar-refractivity contribution in [1.82, 2.24) is 5.32 Å². The molecule has 32 heavy (non-hydrogen) atoms. The molecular formula is C26H26N2O4. The molecule has 3 aromatic rings. The smallest absolute Gasteiger partial charge is 0.253 e. The highest BCUT2D eigenvalue weighted by atomic mass is 16.5. The molecule has 0 spiro atoms. The van der Waals surface area contributed by atoms with Crippen molar-refractivity contribution in [1.29, 1.82) is 0 Å². The SMILES string of the molecule is COc1ccc(C=CC(=O)Nc2ccccc2C(=O)NCCc2ccccc2)cc1OC. The Kier molecular flexibility index (Phi) is 8.03. The van der Waals surface area contributed by atoms with Gasteiger partial charge in [0.1, 0.15) is 0 Å². The lowest BCUT2D eigenvalue weighted by Gasteiger charge is -2.11. The van der Waals surface area contributed by atoms with Gasteiger partial charge in [0.2, 0.25) is 5.91 Å². The number of carbonyl (C=O) groups is 2. The second-order valence-corrected chi connectivity index (χ2v) is 6.97. The summed E-state index contributed by atoms with van der Waals surface area (Å²) in [5.41, 5.74) is 2.79. The van der Waals surface area contributed by atoms with Crippen LogP contribution < -0.4 is 20.1 Å². The van der Waals surface area contributed by atoms with E-state index in [0.717, 1.165) is 17.5 Å². The number of para-hydroxylation sites is 1. The summed E-state index contributed by atoms with van der Waals surface area (Å²) in [6.07, 6.45) is 3.81. The van der Waals surface area contributed by atoms with Crippen LogP contribution in [0.2, 0.25) is 0 Å². The van der Waals surface area contributed by atoms with E-state index in [0.29, 0.717) is 29.3 Å². The van der Waals surface area contributed by atoms with Crippen molar-refractivity contribution in [2.75, 3.05) is 26.1 Å². The number of methoxy groups -OCH3 is 2. The van der Waals surface area contributed by atoms with Crippen molar-refractivity contribution < 1.29 is 19.1 Å². The van der Waals surface area contributed by atoms with Gasteiger partial charge in [0.25, 0.3) is 5.91 Å². The van der Waals surface area contributed by atoms with Gasteiger partial charge in [0.15, 0.2) is 11.5 Å². The minimum Gasteiger partial charge on any atom is -0.493 e. The number of ether oxygens (including phenoxy) is 2. The molecule has 3 rings (SSSR count). The van der Waals surface area contributed by atoms with Crippen LogP contribution in [0.3, 0.4) is 0 Å².